The minimum Gasteiger partial charge on any atom is -0.465 e. The SMILES string of the molecule is COC(=O)c1cc2c(C)scc2s1.Cc1cc2cc3sccc3cc2s1.Cc1cc2sc3ccsc3c2s1.Cc1cc2sccc2s1.Cc1ccc(C(=O)c2ccc3ccccc3c2)cc1.Cc1ccc(C(=O)c2ccccc2)cc1.Cc1ccc2c(c1)sc1c3ccccc3sc21.Cc1cccc(C(=O)c2ccccc2)c1. The van der Waals surface area contributed by atoms with Crippen LogP contribution in [0.2, 0.25) is 0 Å². The number of rotatable bonds is 7. The number of carbonyl (C=O) groups excluding carboxylic acids is 4. The molecule has 0 bridgehead atoms. The summed E-state index contributed by atoms with van der Waals surface area (Å²) >= 11 is 20.1. The van der Waals surface area contributed by atoms with E-state index in [1.165, 1.54) is 137 Å². The maximum atomic E-state index is 12.4. The summed E-state index contributed by atoms with van der Waals surface area (Å²) in [5.74, 6) is -0.00810. The van der Waals surface area contributed by atoms with Gasteiger partial charge in [0.1, 0.15) is 4.88 Å². The van der Waals surface area contributed by atoms with Gasteiger partial charge in [-0.25, -0.2) is 4.79 Å². The van der Waals surface area contributed by atoms with E-state index in [1.807, 2.05) is 299 Å². The van der Waals surface area contributed by atoms with E-state index in [0.717, 1.165) is 55.3 Å². The molecule has 21 aromatic rings. The Morgan fingerprint density at radius 3 is 1.46 bits per heavy atom. The van der Waals surface area contributed by atoms with Crippen LogP contribution >= 0.6 is 125 Å². The van der Waals surface area contributed by atoms with Crippen LogP contribution in [0.4, 0.5) is 0 Å². The molecule has 11 aromatic heterocycles. The first kappa shape index (κ1) is 79.6. The first-order valence-corrected chi connectivity index (χ1v) is 45.6. The van der Waals surface area contributed by atoms with Crippen molar-refractivity contribution in [2.45, 2.75) is 55.4 Å². The fraction of sp³-hybridized carbons (Fsp3) is 0.0928. The third kappa shape index (κ3) is 19.4. The minimum absolute atomic E-state index is 0.0748. The Kier molecular flexibility index (Phi) is 26.0. The predicted octanol–water partition coefficient (Wildman–Crippen LogP) is 31.6. The summed E-state index contributed by atoms with van der Waals surface area (Å²) in [5.41, 5.74) is 9.23. The average molecular weight is 1670 g/mol. The van der Waals surface area contributed by atoms with Gasteiger partial charge in [0, 0.05) is 117 Å². The Labute approximate surface area is 700 Å². The van der Waals surface area contributed by atoms with E-state index in [1.54, 1.807) is 11.3 Å². The highest BCUT2D eigenvalue weighted by Crippen LogP contribution is 2.45. The maximum Gasteiger partial charge on any atom is 0.348 e. The zero-order valence-corrected chi connectivity index (χ0v) is 72.3. The molecule has 0 aliphatic heterocycles. The lowest BCUT2D eigenvalue weighted by atomic mass is 9.99. The molecule has 0 aliphatic carbocycles. The number of ether oxygens (including phenoxy) is 1. The van der Waals surface area contributed by atoms with Gasteiger partial charge in [0.05, 0.1) is 25.9 Å². The number of hydrogen-bond donors (Lipinski definition) is 0. The molecule has 16 heteroatoms. The zero-order chi connectivity index (χ0) is 78.7. The van der Waals surface area contributed by atoms with Crippen LogP contribution in [0.25, 0.3) is 98.8 Å². The van der Waals surface area contributed by atoms with Gasteiger partial charge < -0.3 is 4.74 Å². The standard InChI is InChI=1S/C18H14O.C15H10S2.2C14H12O.C11H8S2.C9H8O2S2.C9H6S3.C7H6S2/c1-13-6-8-15(9-7-13)18(19)17-11-10-14-4-2-3-5-16(14)12-17;1-9-6-7-11-13(8-9)17-14-10-4-2-3-5-12(10)16-15(11)14;1-11-6-5-9-13(10-11)14(15)12-7-3-2-4-8-12;1-11-7-9-13(10-8-11)14(15)12-5-3-2-4-6-12;1-7-4-9-6-10-8(2-3-12-10)5-11(9)13-7;1-5-6-3-7(9(10)11-2)13-8(6)4-12-5;1-5-4-7-9(11-5)8-6(12-7)2-3-10-8;1-5-4-7-6(9-5)2-3-8-7/h2-12H,1H3;2-8H,1H3;2*2-10H,1H3;2-6H,1H3;3-4H,1-2H3;2-4H,1H3;2-4H,1H3. The lowest BCUT2D eigenvalue weighted by molar-refractivity contribution is 0.0606. The Balaban J connectivity index is 0.000000108. The summed E-state index contributed by atoms with van der Waals surface area (Å²) in [7, 11) is 1.40. The third-order valence-corrected chi connectivity index (χ3v) is 30.4. The van der Waals surface area contributed by atoms with Crippen molar-refractivity contribution in [3.05, 3.63) is 375 Å². The summed E-state index contributed by atoms with van der Waals surface area (Å²) in [4.78, 5) is 53.7. The zero-order valence-electron chi connectivity index (χ0n) is 63.3. The molecule has 0 N–H and O–H groups in total. The van der Waals surface area contributed by atoms with Gasteiger partial charge in [-0.2, -0.15) is 0 Å². The van der Waals surface area contributed by atoms with Gasteiger partial charge in [0.25, 0.3) is 0 Å². The van der Waals surface area contributed by atoms with Gasteiger partial charge in [-0.05, 0) is 178 Å². The first-order valence-electron chi connectivity index (χ1n) is 36.3. The van der Waals surface area contributed by atoms with Crippen LogP contribution < -0.4 is 0 Å². The highest BCUT2D eigenvalue weighted by molar-refractivity contribution is 7.38. The Morgan fingerprint density at radius 2 is 0.779 bits per heavy atom. The maximum absolute atomic E-state index is 12.4. The molecular formula is C97H76O5S11. The molecular weight excluding hydrogens is 1600 g/mol. The van der Waals surface area contributed by atoms with E-state index in [4.69, 9.17) is 0 Å². The molecule has 0 saturated carbocycles. The molecule has 10 aromatic carbocycles. The van der Waals surface area contributed by atoms with E-state index in [-0.39, 0.29) is 23.3 Å². The van der Waals surface area contributed by atoms with Crippen molar-refractivity contribution in [3.63, 3.8) is 0 Å². The largest absolute Gasteiger partial charge is 0.465 e. The molecule has 0 spiro atoms. The number of hydrogen-bond acceptors (Lipinski definition) is 16. The number of fused-ring (bicyclic) bond motifs is 13. The van der Waals surface area contributed by atoms with E-state index in [9.17, 15) is 19.2 Å². The molecule has 11 heterocycles. The van der Waals surface area contributed by atoms with Gasteiger partial charge in [-0.1, -0.05) is 211 Å². The first-order chi connectivity index (χ1) is 54.9. The van der Waals surface area contributed by atoms with Crippen LogP contribution in [0.3, 0.4) is 0 Å². The fourth-order valence-corrected chi connectivity index (χ4v) is 24.8. The van der Waals surface area contributed by atoms with Crippen molar-refractivity contribution >= 4 is 247 Å². The van der Waals surface area contributed by atoms with Crippen molar-refractivity contribution in [2.75, 3.05) is 7.11 Å². The second kappa shape index (κ2) is 36.9. The molecule has 0 atom stereocenters. The molecule has 560 valence electrons. The van der Waals surface area contributed by atoms with Crippen LogP contribution in [0.15, 0.2) is 295 Å². The van der Waals surface area contributed by atoms with Gasteiger partial charge in [-0.15, -0.1) is 125 Å². The van der Waals surface area contributed by atoms with Crippen molar-refractivity contribution in [2.24, 2.45) is 0 Å². The quantitative estimate of drug-likeness (QED) is 0.117. The van der Waals surface area contributed by atoms with Crippen molar-refractivity contribution in [1.29, 1.82) is 0 Å². The monoisotopic (exact) mass is 1670 g/mol. The topological polar surface area (TPSA) is 77.5 Å². The van der Waals surface area contributed by atoms with Gasteiger partial charge in [0.15, 0.2) is 17.3 Å². The van der Waals surface area contributed by atoms with Crippen LogP contribution in [0.5, 0.6) is 0 Å². The van der Waals surface area contributed by atoms with Crippen molar-refractivity contribution < 1.29 is 23.9 Å². The number of benzene rings is 10. The minimum atomic E-state index is -0.245. The Morgan fingerprint density at radius 1 is 0.257 bits per heavy atom. The highest BCUT2D eigenvalue weighted by Gasteiger charge is 2.16. The molecule has 113 heavy (non-hydrogen) atoms. The third-order valence-electron chi connectivity index (χ3n) is 18.4. The average Bonchev–Trinajstić information content (AvgIpc) is 1.60. The van der Waals surface area contributed by atoms with E-state index in [0.29, 0.717) is 4.88 Å². The van der Waals surface area contributed by atoms with Gasteiger partial charge >= 0.3 is 5.97 Å². The smallest absolute Gasteiger partial charge is 0.348 e. The molecule has 21 rings (SSSR count). The van der Waals surface area contributed by atoms with E-state index >= 15 is 0 Å². The number of esters is 1. The van der Waals surface area contributed by atoms with Gasteiger partial charge in [-0.3, -0.25) is 14.4 Å². The van der Waals surface area contributed by atoms with Gasteiger partial charge in [0.2, 0.25) is 0 Å². The normalized spacial score (nSPS) is 10.8. The molecule has 0 fully saturated rings. The van der Waals surface area contributed by atoms with E-state index in [2.05, 4.69) is 158 Å². The van der Waals surface area contributed by atoms with Crippen LogP contribution in [0, 0.1) is 55.4 Å². The van der Waals surface area contributed by atoms with Crippen molar-refractivity contribution in [3.8, 4) is 0 Å². The molecule has 0 unspecified atom stereocenters. The summed E-state index contributed by atoms with van der Waals surface area (Å²) in [6.07, 6.45) is 0. The Hall–Kier alpha value is -10.0. The molecule has 0 saturated heterocycles. The summed E-state index contributed by atoms with van der Waals surface area (Å²) in [6.45, 7) is 16.7. The number of methoxy groups -OCH3 is 1. The second-order valence-electron chi connectivity index (χ2n) is 26.9. The fourth-order valence-electron chi connectivity index (χ4n) is 12.6. The number of thiophene rings is 11. The van der Waals surface area contributed by atoms with Crippen LogP contribution in [0.1, 0.15) is 99.2 Å². The lowest BCUT2D eigenvalue weighted by Crippen LogP contribution is -2.00. The molecule has 0 radical (unpaired) electrons. The number of aryl methyl sites for hydroxylation is 8. The lowest BCUT2D eigenvalue weighted by Gasteiger charge is -2.04. The number of ketones is 3. The molecule has 0 amide bonds. The number of carbonyl (C=O) groups is 4. The molecule has 5 nitrogen and oxygen atoms in total. The van der Waals surface area contributed by atoms with Crippen molar-refractivity contribution in [1.82, 2.24) is 0 Å². The second-order valence-corrected chi connectivity index (χ2v) is 38.9. The summed E-state index contributed by atoms with van der Waals surface area (Å²) in [6, 6.07) is 90.9. The summed E-state index contributed by atoms with van der Waals surface area (Å²) < 4.78 is 23.1. The predicted molar refractivity (Wildman–Crippen MR) is 502 cm³/mol. The highest BCUT2D eigenvalue weighted by atomic mass is 32.1. The Bertz CT molecular complexity index is 6780. The summed E-state index contributed by atoms with van der Waals surface area (Å²) in [5, 5.41) is 17.6. The molecule has 0 aliphatic rings. The van der Waals surface area contributed by atoms with E-state index < -0.39 is 0 Å². The van der Waals surface area contributed by atoms with Crippen LogP contribution in [-0.2, 0) is 4.74 Å². The van der Waals surface area contributed by atoms with Crippen LogP contribution in [-0.4, -0.2) is 30.4 Å².